The van der Waals surface area contributed by atoms with Gasteiger partial charge in [-0.05, 0) is 18.2 Å². The molecule has 0 bridgehead atoms. The zero-order valence-corrected chi connectivity index (χ0v) is 9.70. The highest BCUT2D eigenvalue weighted by molar-refractivity contribution is 7.92. The Morgan fingerprint density at radius 1 is 1.44 bits per heavy atom. The summed E-state index contributed by atoms with van der Waals surface area (Å²) < 4.78 is 39.1. The first-order valence-corrected chi connectivity index (χ1v) is 6.22. The fraction of sp³-hybridized carbons (Fsp3) is 0. The highest BCUT2D eigenvalue weighted by Gasteiger charge is 2.16. The molecule has 8 heteroatoms. The number of nitrogens with one attached hydrogen (secondary N) is 2. The van der Waals surface area contributed by atoms with Gasteiger partial charge in [-0.1, -0.05) is 0 Å². The highest BCUT2D eigenvalue weighted by atomic mass is 32.2. The Morgan fingerprint density at radius 3 is 2.83 bits per heavy atom. The summed E-state index contributed by atoms with van der Waals surface area (Å²) in [6.07, 6.45) is 2.64. The molecule has 1 aromatic carbocycles. The number of aromatic nitrogens is 2. The lowest BCUT2D eigenvalue weighted by Gasteiger charge is -2.06. The second-order valence-corrected chi connectivity index (χ2v) is 5.03. The van der Waals surface area contributed by atoms with Crippen molar-refractivity contribution in [3.8, 4) is 6.07 Å². The Kier molecular flexibility index (Phi) is 2.99. The molecule has 0 aliphatic rings. The normalized spacial score (nSPS) is 10.9. The number of halogens is 1. The number of nitrogens with zero attached hydrogens (tertiary/aromatic N) is 2. The molecule has 0 aliphatic carbocycles. The lowest BCUT2D eigenvalue weighted by molar-refractivity contribution is 0.599. The maximum Gasteiger partial charge on any atom is 0.262 e. The van der Waals surface area contributed by atoms with Gasteiger partial charge in [-0.25, -0.2) is 12.8 Å². The predicted octanol–water partition coefficient (Wildman–Crippen LogP) is 1.22. The fourth-order valence-corrected chi connectivity index (χ4v) is 2.34. The molecule has 6 nitrogen and oxygen atoms in total. The SMILES string of the molecule is N#Cc1cc(S(=O)(=O)Nc2cn[nH]c2)ccc1F. The molecular weight excluding hydrogens is 259 g/mol. The van der Waals surface area contributed by atoms with Gasteiger partial charge < -0.3 is 0 Å². The molecule has 0 aliphatic heterocycles. The number of hydrogen-bond acceptors (Lipinski definition) is 4. The Balaban J connectivity index is 2.39. The van der Waals surface area contributed by atoms with Gasteiger partial charge in [0, 0.05) is 6.20 Å². The summed E-state index contributed by atoms with van der Waals surface area (Å²) in [5.74, 6) is -0.764. The standard InChI is InChI=1S/C10H7FN4O2S/c11-10-2-1-9(3-7(10)4-12)18(16,17)15-8-5-13-14-6-8/h1-3,5-6,15H,(H,13,14). The van der Waals surface area contributed by atoms with Crippen LogP contribution in [0.4, 0.5) is 10.1 Å². The van der Waals surface area contributed by atoms with Crippen LogP contribution in [0.1, 0.15) is 5.56 Å². The Labute approximate surface area is 102 Å². The van der Waals surface area contributed by atoms with Crippen molar-refractivity contribution in [2.45, 2.75) is 4.90 Å². The average molecular weight is 266 g/mol. The van der Waals surface area contributed by atoms with Gasteiger partial charge in [0.05, 0.1) is 22.3 Å². The van der Waals surface area contributed by atoms with E-state index in [1.54, 1.807) is 6.07 Å². The van der Waals surface area contributed by atoms with Gasteiger partial charge in [-0.15, -0.1) is 0 Å². The molecular formula is C10H7FN4O2S. The van der Waals surface area contributed by atoms with E-state index in [1.165, 1.54) is 12.4 Å². The lowest BCUT2D eigenvalue weighted by Crippen LogP contribution is -2.12. The van der Waals surface area contributed by atoms with Gasteiger partial charge in [-0.2, -0.15) is 10.4 Å². The quantitative estimate of drug-likeness (QED) is 0.872. The van der Waals surface area contributed by atoms with Crippen molar-refractivity contribution in [3.05, 3.63) is 42.0 Å². The molecule has 0 amide bonds. The Bertz CT molecular complexity index is 704. The van der Waals surface area contributed by atoms with E-state index < -0.39 is 15.8 Å². The molecule has 1 heterocycles. The van der Waals surface area contributed by atoms with Crippen molar-refractivity contribution in [1.29, 1.82) is 5.26 Å². The van der Waals surface area contributed by atoms with E-state index in [1.807, 2.05) is 0 Å². The zero-order valence-electron chi connectivity index (χ0n) is 8.88. The molecule has 2 aromatic rings. The van der Waals surface area contributed by atoms with Crippen molar-refractivity contribution in [2.75, 3.05) is 4.72 Å². The van der Waals surface area contributed by atoms with Crippen LogP contribution in [0.5, 0.6) is 0 Å². The van der Waals surface area contributed by atoms with Crippen molar-refractivity contribution in [3.63, 3.8) is 0 Å². The van der Waals surface area contributed by atoms with Gasteiger partial charge in [-0.3, -0.25) is 9.82 Å². The molecule has 0 spiro atoms. The smallest absolute Gasteiger partial charge is 0.262 e. The van der Waals surface area contributed by atoms with E-state index in [0.717, 1.165) is 18.2 Å². The third-order valence-corrected chi connectivity index (χ3v) is 3.50. The average Bonchev–Trinajstić information content (AvgIpc) is 2.81. The van der Waals surface area contributed by atoms with Crippen LogP contribution < -0.4 is 4.72 Å². The number of nitriles is 1. The number of sulfonamides is 1. The summed E-state index contributed by atoms with van der Waals surface area (Å²) in [6.45, 7) is 0. The molecule has 2 rings (SSSR count). The molecule has 0 atom stereocenters. The first-order chi connectivity index (χ1) is 8.53. The molecule has 0 fully saturated rings. The summed E-state index contributed by atoms with van der Waals surface area (Å²) in [7, 11) is -3.86. The van der Waals surface area contributed by atoms with Crippen molar-refractivity contribution >= 4 is 15.7 Å². The maximum absolute atomic E-state index is 13.1. The fourth-order valence-electron chi connectivity index (χ4n) is 1.28. The number of rotatable bonds is 3. The number of benzene rings is 1. The van der Waals surface area contributed by atoms with E-state index in [2.05, 4.69) is 14.9 Å². The second-order valence-electron chi connectivity index (χ2n) is 3.35. The van der Waals surface area contributed by atoms with Crippen LogP contribution in [0, 0.1) is 17.1 Å². The maximum atomic E-state index is 13.1. The number of anilines is 1. The van der Waals surface area contributed by atoms with Crippen molar-refractivity contribution < 1.29 is 12.8 Å². The molecule has 0 unspecified atom stereocenters. The van der Waals surface area contributed by atoms with Crippen LogP contribution in [0.2, 0.25) is 0 Å². The van der Waals surface area contributed by atoms with Gasteiger partial charge in [0.1, 0.15) is 11.9 Å². The minimum Gasteiger partial charge on any atom is -0.284 e. The molecule has 2 N–H and O–H groups in total. The molecule has 18 heavy (non-hydrogen) atoms. The molecule has 92 valence electrons. The van der Waals surface area contributed by atoms with Gasteiger partial charge >= 0.3 is 0 Å². The van der Waals surface area contributed by atoms with E-state index >= 15 is 0 Å². The minimum atomic E-state index is -3.86. The van der Waals surface area contributed by atoms with Gasteiger partial charge in [0.15, 0.2) is 0 Å². The van der Waals surface area contributed by atoms with Gasteiger partial charge in [0.2, 0.25) is 0 Å². The van der Waals surface area contributed by atoms with Gasteiger partial charge in [0.25, 0.3) is 10.0 Å². The third kappa shape index (κ3) is 2.31. The highest BCUT2D eigenvalue weighted by Crippen LogP contribution is 2.17. The summed E-state index contributed by atoms with van der Waals surface area (Å²) >= 11 is 0. The number of H-pyrrole nitrogens is 1. The van der Waals surface area contributed by atoms with E-state index in [-0.39, 0.29) is 16.1 Å². The molecule has 0 saturated carbocycles. The summed E-state index contributed by atoms with van der Waals surface area (Å²) in [5, 5.41) is 14.7. The topological polar surface area (TPSA) is 98.6 Å². The monoisotopic (exact) mass is 266 g/mol. The van der Waals surface area contributed by atoms with Crippen LogP contribution in [0.15, 0.2) is 35.5 Å². The summed E-state index contributed by atoms with van der Waals surface area (Å²) in [4.78, 5) is -0.193. The van der Waals surface area contributed by atoms with Crippen LogP contribution in [0.3, 0.4) is 0 Å². The Morgan fingerprint density at radius 2 is 2.22 bits per heavy atom. The molecule has 0 saturated heterocycles. The third-order valence-electron chi connectivity index (χ3n) is 2.12. The predicted molar refractivity (Wildman–Crippen MR) is 60.5 cm³/mol. The Hall–Kier alpha value is -2.40. The first-order valence-electron chi connectivity index (χ1n) is 4.74. The lowest BCUT2D eigenvalue weighted by atomic mass is 10.2. The minimum absolute atomic E-state index is 0.193. The van der Waals surface area contributed by atoms with E-state index in [4.69, 9.17) is 5.26 Å². The van der Waals surface area contributed by atoms with Crippen molar-refractivity contribution in [2.24, 2.45) is 0 Å². The van der Waals surface area contributed by atoms with Crippen molar-refractivity contribution in [1.82, 2.24) is 10.2 Å². The first kappa shape index (κ1) is 12.1. The largest absolute Gasteiger partial charge is 0.284 e. The molecule has 0 radical (unpaired) electrons. The molecule has 1 aromatic heterocycles. The van der Waals surface area contributed by atoms with Crippen LogP contribution >= 0.6 is 0 Å². The van der Waals surface area contributed by atoms with E-state index in [0.29, 0.717) is 0 Å². The summed E-state index contributed by atoms with van der Waals surface area (Å²) in [5.41, 5.74) is -0.0806. The van der Waals surface area contributed by atoms with Crippen LogP contribution in [0.25, 0.3) is 0 Å². The second kappa shape index (κ2) is 4.46. The zero-order chi connectivity index (χ0) is 13.2. The number of hydrogen-bond donors (Lipinski definition) is 2. The summed E-state index contributed by atoms with van der Waals surface area (Å²) in [6, 6.07) is 4.57. The number of aromatic amines is 1. The van der Waals surface area contributed by atoms with Crippen LogP contribution in [-0.4, -0.2) is 18.6 Å². The van der Waals surface area contributed by atoms with E-state index in [9.17, 15) is 12.8 Å². The van der Waals surface area contributed by atoms with Crippen LogP contribution in [-0.2, 0) is 10.0 Å².